The second-order valence-electron chi connectivity index (χ2n) is 3.79. The third-order valence-corrected chi connectivity index (χ3v) is 2.48. The van der Waals surface area contributed by atoms with Gasteiger partial charge in [0.15, 0.2) is 0 Å². The van der Waals surface area contributed by atoms with Gasteiger partial charge in [-0.2, -0.15) is 5.26 Å². The molecule has 3 heteroatoms. The maximum absolute atomic E-state index is 8.95. The van der Waals surface area contributed by atoms with Crippen molar-refractivity contribution in [2.24, 2.45) is 5.92 Å². The Labute approximate surface area is 91.5 Å². The fraction of sp³-hybridized carbons (Fsp3) is 0.583. The van der Waals surface area contributed by atoms with Gasteiger partial charge in [0.05, 0.1) is 12.0 Å². The average Bonchev–Trinajstić information content (AvgIpc) is 2.76. The molecule has 0 saturated heterocycles. The van der Waals surface area contributed by atoms with Crippen LogP contribution in [0.15, 0.2) is 18.3 Å². The van der Waals surface area contributed by atoms with Crippen LogP contribution in [-0.4, -0.2) is 11.5 Å². The van der Waals surface area contributed by atoms with Gasteiger partial charge in [0.1, 0.15) is 5.82 Å². The number of hydrogen-bond acceptors (Lipinski definition) is 2. The molecule has 82 valence electrons. The summed E-state index contributed by atoms with van der Waals surface area (Å²) < 4.78 is 0. The SMILES string of the molecule is CCCCCC(C#N)CNc1ccc[nH]1. The van der Waals surface area contributed by atoms with Gasteiger partial charge in [-0.15, -0.1) is 0 Å². The summed E-state index contributed by atoms with van der Waals surface area (Å²) in [5, 5.41) is 12.2. The molecule has 1 unspecified atom stereocenters. The number of H-pyrrole nitrogens is 1. The van der Waals surface area contributed by atoms with Crippen molar-refractivity contribution in [2.75, 3.05) is 11.9 Å². The highest BCUT2D eigenvalue weighted by Gasteiger charge is 2.06. The van der Waals surface area contributed by atoms with Crippen molar-refractivity contribution in [2.45, 2.75) is 32.6 Å². The Morgan fingerprint density at radius 1 is 1.53 bits per heavy atom. The molecule has 1 aromatic rings. The average molecular weight is 205 g/mol. The monoisotopic (exact) mass is 205 g/mol. The van der Waals surface area contributed by atoms with Crippen LogP contribution in [0.4, 0.5) is 5.82 Å². The van der Waals surface area contributed by atoms with E-state index in [0.717, 1.165) is 25.2 Å². The van der Waals surface area contributed by atoms with Crippen molar-refractivity contribution in [3.8, 4) is 6.07 Å². The number of nitrogens with zero attached hydrogens (tertiary/aromatic N) is 1. The molecule has 0 spiro atoms. The van der Waals surface area contributed by atoms with Crippen LogP contribution in [0.3, 0.4) is 0 Å². The number of hydrogen-bond donors (Lipinski definition) is 2. The molecule has 0 amide bonds. The van der Waals surface area contributed by atoms with Gasteiger partial charge in [-0.25, -0.2) is 0 Å². The molecule has 0 radical (unpaired) electrons. The second kappa shape index (κ2) is 6.94. The van der Waals surface area contributed by atoms with Crippen LogP contribution < -0.4 is 5.32 Å². The molecule has 0 saturated carbocycles. The highest BCUT2D eigenvalue weighted by molar-refractivity contribution is 5.34. The van der Waals surface area contributed by atoms with E-state index in [0.29, 0.717) is 0 Å². The number of nitriles is 1. The van der Waals surface area contributed by atoms with E-state index in [9.17, 15) is 0 Å². The lowest BCUT2D eigenvalue weighted by molar-refractivity contribution is 0.566. The fourth-order valence-electron chi connectivity index (χ4n) is 1.53. The third-order valence-electron chi connectivity index (χ3n) is 2.48. The number of nitrogens with one attached hydrogen (secondary N) is 2. The van der Waals surface area contributed by atoms with Crippen LogP contribution in [0.5, 0.6) is 0 Å². The first kappa shape index (κ1) is 11.6. The van der Waals surface area contributed by atoms with Gasteiger partial charge in [-0.1, -0.05) is 26.2 Å². The topological polar surface area (TPSA) is 51.6 Å². The summed E-state index contributed by atoms with van der Waals surface area (Å²) in [6.07, 6.45) is 6.46. The predicted molar refractivity (Wildman–Crippen MR) is 62.5 cm³/mol. The summed E-state index contributed by atoms with van der Waals surface area (Å²) in [5.41, 5.74) is 0. The Balaban J connectivity index is 2.20. The fourth-order valence-corrected chi connectivity index (χ4v) is 1.53. The molecule has 1 heterocycles. The summed E-state index contributed by atoms with van der Waals surface area (Å²) in [6, 6.07) is 6.26. The highest BCUT2D eigenvalue weighted by atomic mass is 15.0. The third kappa shape index (κ3) is 4.55. The number of rotatable bonds is 7. The summed E-state index contributed by atoms with van der Waals surface area (Å²) >= 11 is 0. The van der Waals surface area contributed by atoms with Crippen LogP contribution in [0.2, 0.25) is 0 Å². The quantitative estimate of drug-likeness (QED) is 0.672. The van der Waals surface area contributed by atoms with E-state index in [1.54, 1.807) is 0 Å². The first-order valence-corrected chi connectivity index (χ1v) is 5.63. The molecule has 1 atom stereocenters. The van der Waals surface area contributed by atoms with Gasteiger partial charge in [-0.3, -0.25) is 0 Å². The Bertz CT molecular complexity index is 284. The van der Waals surface area contributed by atoms with Crippen LogP contribution in [0, 0.1) is 17.2 Å². The number of unbranched alkanes of at least 4 members (excludes halogenated alkanes) is 2. The van der Waals surface area contributed by atoms with E-state index in [1.807, 2.05) is 18.3 Å². The number of aromatic amines is 1. The van der Waals surface area contributed by atoms with Crippen LogP contribution >= 0.6 is 0 Å². The Morgan fingerprint density at radius 3 is 3.00 bits per heavy atom. The van der Waals surface area contributed by atoms with Gasteiger partial charge in [0, 0.05) is 12.7 Å². The van der Waals surface area contributed by atoms with Gasteiger partial charge < -0.3 is 10.3 Å². The normalized spacial score (nSPS) is 12.0. The van der Waals surface area contributed by atoms with Gasteiger partial charge in [-0.05, 0) is 18.6 Å². The largest absolute Gasteiger partial charge is 0.370 e. The molecular formula is C12H19N3. The minimum atomic E-state index is 0.125. The van der Waals surface area contributed by atoms with Crippen LogP contribution in [0.1, 0.15) is 32.6 Å². The molecule has 1 aromatic heterocycles. The van der Waals surface area contributed by atoms with Crippen molar-refractivity contribution >= 4 is 5.82 Å². The van der Waals surface area contributed by atoms with Crippen molar-refractivity contribution in [3.05, 3.63) is 18.3 Å². The van der Waals surface area contributed by atoms with E-state index < -0.39 is 0 Å². The maximum Gasteiger partial charge on any atom is 0.103 e. The summed E-state index contributed by atoms with van der Waals surface area (Å²) in [6.45, 7) is 2.92. The van der Waals surface area contributed by atoms with Crippen molar-refractivity contribution in [1.29, 1.82) is 5.26 Å². The van der Waals surface area contributed by atoms with Gasteiger partial charge >= 0.3 is 0 Å². The van der Waals surface area contributed by atoms with Crippen molar-refractivity contribution in [1.82, 2.24) is 4.98 Å². The molecular weight excluding hydrogens is 186 g/mol. The highest BCUT2D eigenvalue weighted by Crippen LogP contribution is 2.10. The van der Waals surface area contributed by atoms with E-state index in [1.165, 1.54) is 12.8 Å². The lowest BCUT2D eigenvalue weighted by atomic mass is 10.0. The summed E-state index contributed by atoms with van der Waals surface area (Å²) in [4.78, 5) is 3.06. The lowest BCUT2D eigenvalue weighted by Crippen LogP contribution is -2.12. The van der Waals surface area contributed by atoms with E-state index in [2.05, 4.69) is 23.3 Å². The minimum Gasteiger partial charge on any atom is -0.370 e. The molecule has 0 bridgehead atoms. The number of anilines is 1. The molecule has 3 nitrogen and oxygen atoms in total. The van der Waals surface area contributed by atoms with E-state index in [4.69, 9.17) is 5.26 Å². The number of aromatic nitrogens is 1. The van der Waals surface area contributed by atoms with Crippen molar-refractivity contribution in [3.63, 3.8) is 0 Å². The zero-order valence-electron chi connectivity index (χ0n) is 9.29. The first-order chi connectivity index (χ1) is 7.36. The van der Waals surface area contributed by atoms with Crippen molar-refractivity contribution < 1.29 is 0 Å². The maximum atomic E-state index is 8.95. The zero-order valence-corrected chi connectivity index (χ0v) is 9.29. The molecule has 0 aliphatic carbocycles. The summed E-state index contributed by atoms with van der Waals surface area (Å²) in [5.74, 6) is 1.12. The molecule has 1 rings (SSSR count). The second-order valence-corrected chi connectivity index (χ2v) is 3.79. The van der Waals surface area contributed by atoms with E-state index in [-0.39, 0.29) is 5.92 Å². The molecule has 15 heavy (non-hydrogen) atoms. The Hall–Kier alpha value is -1.43. The van der Waals surface area contributed by atoms with E-state index >= 15 is 0 Å². The molecule has 0 aliphatic heterocycles. The summed E-state index contributed by atoms with van der Waals surface area (Å²) in [7, 11) is 0. The minimum absolute atomic E-state index is 0.125. The zero-order chi connectivity index (χ0) is 10.9. The Kier molecular flexibility index (Phi) is 5.39. The lowest BCUT2D eigenvalue weighted by Gasteiger charge is -2.09. The molecule has 2 N–H and O–H groups in total. The molecule has 0 aromatic carbocycles. The molecule has 0 fully saturated rings. The molecule has 0 aliphatic rings. The van der Waals surface area contributed by atoms with Crippen LogP contribution in [0.25, 0.3) is 0 Å². The van der Waals surface area contributed by atoms with Gasteiger partial charge in [0.25, 0.3) is 0 Å². The smallest absolute Gasteiger partial charge is 0.103 e. The predicted octanol–water partition coefficient (Wildman–Crippen LogP) is 3.15. The van der Waals surface area contributed by atoms with Crippen LogP contribution in [-0.2, 0) is 0 Å². The standard InChI is InChI=1S/C12H19N3/c1-2-3-4-6-11(9-13)10-15-12-7-5-8-14-12/h5,7-8,11,14-15H,2-4,6,10H2,1H3. The first-order valence-electron chi connectivity index (χ1n) is 5.63. The van der Waals surface area contributed by atoms with Gasteiger partial charge in [0.2, 0.25) is 0 Å². The Morgan fingerprint density at radius 2 is 2.40 bits per heavy atom.